The largest absolute Gasteiger partial charge is 0.490 e. The van der Waals surface area contributed by atoms with Crippen LogP contribution in [0.5, 0.6) is 11.5 Å². The van der Waals surface area contributed by atoms with Gasteiger partial charge >= 0.3 is 0 Å². The Morgan fingerprint density at radius 2 is 1.68 bits per heavy atom. The van der Waals surface area contributed by atoms with Crippen LogP contribution in [0.2, 0.25) is 0 Å². The third-order valence-corrected chi connectivity index (χ3v) is 7.82. The minimum absolute atomic E-state index is 0.131. The van der Waals surface area contributed by atoms with Gasteiger partial charge in [-0.3, -0.25) is 9.59 Å². The SMILES string of the molecule is CCOc1ccc(CCNC(=O)[C@@H](C)[C@H]2Sc3ccccc3N(Cc3ccc(F)cc3)C2=O)cc1OCC. The van der Waals surface area contributed by atoms with Crippen molar-refractivity contribution < 1.29 is 23.5 Å². The lowest BCUT2D eigenvalue weighted by atomic mass is 10.0. The second-order valence-electron chi connectivity index (χ2n) is 9.03. The first-order valence-electron chi connectivity index (χ1n) is 12.9. The molecular weight excluding hydrogens is 503 g/mol. The molecule has 0 saturated heterocycles. The van der Waals surface area contributed by atoms with Gasteiger partial charge in [-0.15, -0.1) is 11.8 Å². The summed E-state index contributed by atoms with van der Waals surface area (Å²) in [5.41, 5.74) is 2.64. The number of carbonyl (C=O) groups is 2. The predicted octanol–water partition coefficient (Wildman–Crippen LogP) is 5.63. The summed E-state index contributed by atoms with van der Waals surface area (Å²) in [6.07, 6.45) is 0.621. The number of amides is 2. The third kappa shape index (κ3) is 6.48. The number of anilines is 1. The summed E-state index contributed by atoms with van der Waals surface area (Å²) in [4.78, 5) is 29.4. The highest BCUT2D eigenvalue weighted by Gasteiger charge is 2.39. The molecule has 1 heterocycles. The molecule has 4 rings (SSSR count). The minimum Gasteiger partial charge on any atom is -0.490 e. The number of hydrogen-bond donors (Lipinski definition) is 1. The minimum atomic E-state index is -0.569. The highest BCUT2D eigenvalue weighted by molar-refractivity contribution is 8.01. The van der Waals surface area contributed by atoms with Crippen molar-refractivity contribution in [3.05, 3.63) is 83.7 Å². The van der Waals surface area contributed by atoms with Gasteiger partial charge < -0.3 is 19.7 Å². The molecule has 1 aliphatic rings. The van der Waals surface area contributed by atoms with Gasteiger partial charge in [-0.05, 0) is 67.8 Å². The zero-order valence-corrected chi connectivity index (χ0v) is 22.7. The van der Waals surface area contributed by atoms with E-state index in [4.69, 9.17) is 9.47 Å². The second-order valence-corrected chi connectivity index (χ2v) is 10.2. The van der Waals surface area contributed by atoms with Crippen molar-refractivity contribution in [2.24, 2.45) is 5.92 Å². The molecule has 200 valence electrons. The fourth-order valence-corrected chi connectivity index (χ4v) is 5.66. The molecule has 0 bridgehead atoms. The average Bonchev–Trinajstić information content (AvgIpc) is 2.92. The summed E-state index contributed by atoms with van der Waals surface area (Å²) in [6, 6.07) is 19.6. The number of rotatable bonds is 11. The molecule has 2 atom stereocenters. The van der Waals surface area contributed by atoms with Gasteiger partial charge in [0.2, 0.25) is 11.8 Å². The number of nitrogens with one attached hydrogen (secondary N) is 1. The van der Waals surface area contributed by atoms with Crippen LogP contribution in [-0.2, 0) is 22.6 Å². The van der Waals surface area contributed by atoms with E-state index >= 15 is 0 Å². The third-order valence-electron chi connectivity index (χ3n) is 6.36. The summed E-state index contributed by atoms with van der Waals surface area (Å²) in [5, 5.41) is 2.43. The fourth-order valence-electron chi connectivity index (χ4n) is 4.37. The van der Waals surface area contributed by atoms with Crippen molar-refractivity contribution in [3.8, 4) is 11.5 Å². The van der Waals surface area contributed by atoms with Gasteiger partial charge in [0.1, 0.15) is 11.1 Å². The van der Waals surface area contributed by atoms with Gasteiger partial charge in [0.25, 0.3) is 0 Å². The number of halogens is 1. The topological polar surface area (TPSA) is 67.9 Å². The predicted molar refractivity (Wildman–Crippen MR) is 148 cm³/mol. The normalized spacial score (nSPS) is 15.5. The second kappa shape index (κ2) is 12.8. The van der Waals surface area contributed by atoms with Gasteiger partial charge in [0, 0.05) is 11.4 Å². The number of thioether (sulfide) groups is 1. The summed E-state index contributed by atoms with van der Waals surface area (Å²) in [6.45, 7) is 7.47. The average molecular weight is 537 g/mol. The highest BCUT2D eigenvalue weighted by atomic mass is 32.2. The standard InChI is InChI=1S/C30H33FN2O4S/c1-4-36-25-15-12-21(18-26(25)37-5-2)16-17-32-29(34)20(3)28-30(35)33(19-22-10-13-23(31)14-11-22)24-8-6-7-9-27(24)38-28/h6-15,18,20,28H,4-5,16-17,19H2,1-3H3,(H,32,34)/t20-,28+/m0/s1. The summed E-state index contributed by atoms with van der Waals surface area (Å²) >= 11 is 1.42. The lowest BCUT2D eigenvalue weighted by Crippen LogP contribution is -2.47. The molecule has 0 unspecified atom stereocenters. The maximum Gasteiger partial charge on any atom is 0.241 e. The van der Waals surface area contributed by atoms with E-state index in [1.807, 2.05) is 56.3 Å². The number of hydrogen-bond acceptors (Lipinski definition) is 5. The molecule has 6 nitrogen and oxygen atoms in total. The first-order valence-corrected chi connectivity index (χ1v) is 13.8. The summed E-state index contributed by atoms with van der Waals surface area (Å²) in [5.74, 6) is 0.222. The first-order chi connectivity index (χ1) is 18.4. The van der Waals surface area contributed by atoms with Crippen LogP contribution >= 0.6 is 11.8 Å². The zero-order valence-electron chi connectivity index (χ0n) is 21.9. The van der Waals surface area contributed by atoms with Crippen molar-refractivity contribution in [2.75, 3.05) is 24.7 Å². The number of fused-ring (bicyclic) bond motifs is 1. The van der Waals surface area contributed by atoms with Crippen molar-refractivity contribution in [1.82, 2.24) is 5.32 Å². The molecule has 0 spiro atoms. The van der Waals surface area contributed by atoms with Crippen LogP contribution in [0.25, 0.3) is 0 Å². The lowest BCUT2D eigenvalue weighted by Gasteiger charge is -2.35. The Kier molecular flexibility index (Phi) is 9.29. The Morgan fingerprint density at radius 3 is 2.42 bits per heavy atom. The lowest BCUT2D eigenvalue weighted by molar-refractivity contribution is -0.128. The maximum atomic E-state index is 13.6. The maximum absolute atomic E-state index is 13.6. The summed E-state index contributed by atoms with van der Waals surface area (Å²) < 4.78 is 24.7. The molecule has 38 heavy (non-hydrogen) atoms. The molecule has 0 saturated carbocycles. The van der Waals surface area contributed by atoms with E-state index in [2.05, 4.69) is 5.32 Å². The van der Waals surface area contributed by atoms with Crippen LogP contribution in [0.3, 0.4) is 0 Å². The molecule has 0 aromatic heterocycles. The quantitative estimate of drug-likeness (QED) is 0.344. The highest BCUT2D eigenvalue weighted by Crippen LogP contribution is 2.42. The molecular formula is C30H33FN2O4S. The number of nitrogens with zero attached hydrogens (tertiary/aromatic N) is 1. The molecule has 8 heteroatoms. The molecule has 0 fully saturated rings. The van der Waals surface area contributed by atoms with Crippen LogP contribution in [0.15, 0.2) is 71.6 Å². The van der Waals surface area contributed by atoms with Gasteiger partial charge in [-0.25, -0.2) is 4.39 Å². The van der Waals surface area contributed by atoms with E-state index in [-0.39, 0.29) is 17.6 Å². The number of ether oxygens (including phenoxy) is 2. The van der Waals surface area contributed by atoms with Crippen LogP contribution in [-0.4, -0.2) is 36.8 Å². The number of benzene rings is 3. The van der Waals surface area contributed by atoms with Crippen molar-refractivity contribution in [1.29, 1.82) is 0 Å². The van der Waals surface area contributed by atoms with Gasteiger partial charge in [0.15, 0.2) is 11.5 Å². The van der Waals surface area contributed by atoms with Crippen molar-refractivity contribution in [3.63, 3.8) is 0 Å². The van der Waals surface area contributed by atoms with Crippen molar-refractivity contribution in [2.45, 2.75) is 43.9 Å². The monoisotopic (exact) mass is 536 g/mol. The first kappa shape index (κ1) is 27.5. The molecule has 1 aliphatic heterocycles. The van der Waals surface area contributed by atoms with Crippen LogP contribution in [0.1, 0.15) is 31.9 Å². The van der Waals surface area contributed by atoms with Crippen LogP contribution in [0.4, 0.5) is 10.1 Å². The van der Waals surface area contributed by atoms with Crippen LogP contribution in [0, 0.1) is 11.7 Å². The number of carbonyl (C=O) groups excluding carboxylic acids is 2. The molecule has 3 aromatic rings. The van der Waals surface area contributed by atoms with E-state index < -0.39 is 11.2 Å². The number of para-hydroxylation sites is 1. The molecule has 2 amide bonds. The molecule has 0 aliphatic carbocycles. The summed E-state index contributed by atoms with van der Waals surface area (Å²) in [7, 11) is 0. The molecule has 1 N–H and O–H groups in total. The molecule has 3 aromatic carbocycles. The Bertz CT molecular complexity index is 1270. The Balaban J connectivity index is 1.42. The van der Waals surface area contributed by atoms with Crippen LogP contribution < -0.4 is 19.7 Å². The van der Waals surface area contributed by atoms with Crippen molar-refractivity contribution >= 4 is 29.3 Å². The van der Waals surface area contributed by atoms with Gasteiger partial charge in [0.05, 0.1) is 31.4 Å². The van der Waals surface area contributed by atoms with E-state index in [0.29, 0.717) is 44.2 Å². The van der Waals surface area contributed by atoms with E-state index in [0.717, 1.165) is 21.7 Å². The van der Waals surface area contributed by atoms with Gasteiger partial charge in [-0.1, -0.05) is 37.3 Å². The molecule has 0 radical (unpaired) electrons. The van der Waals surface area contributed by atoms with E-state index in [1.54, 1.807) is 24.0 Å². The Labute approximate surface area is 227 Å². The Hall–Kier alpha value is -3.52. The Morgan fingerprint density at radius 1 is 1.00 bits per heavy atom. The van der Waals surface area contributed by atoms with E-state index in [1.165, 1.54) is 23.9 Å². The fraction of sp³-hybridized carbons (Fsp3) is 0.333. The smallest absolute Gasteiger partial charge is 0.241 e. The van der Waals surface area contributed by atoms with E-state index in [9.17, 15) is 14.0 Å². The zero-order chi connectivity index (χ0) is 27.1. The van der Waals surface area contributed by atoms with Gasteiger partial charge in [-0.2, -0.15) is 0 Å².